The third-order valence-electron chi connectivity index (χ3n) is 3.46. The Labute approximate surface area is 134 Å². The standard InChI is InChI=1S/C17H18ClFN2O/c1-21(2)16(12-4-3-5-15(19)9-12)11-20-10-13-8-14(18)6-7-17(13)22/h3-10,16,22H,11H2,1-2H3/p+1/t16-/m1/s1. The van der Waals surface area contributed by atoms with Gasteiger partial charge in [-0.05, 0) is 30.3 Å². The van der Waals surface area contributed by atoms with Crippen molar-refractivity contribution in [3.8, 4) is 5.75 Å². The second-order valence-corrected chi connectivity index (χ2v) is 5.82. The fourth-order valence-corrected chi connectivity index (χ4v) is 2.41. The molecule has 0 saturated carbocycles. The van der Waals surface area contributed by atoms with E-state index in [0.29, 0.717) is 17.1 Å². The number of nitrogens with zero attached hydrogens (tertiary/aromatic N) is 1. The lowest BCUT2D eigenvalue weighted by atomic mass is 10.1. The van der Waals surface area contributed by atoms with Crippen molar-refractivity contribution in [2.75, 3.05) is 20.6 Å². The Kier molecular flexibility index (Phi) is 5.52. The molecule has 0 saturated heterocycles. The third kappa shape index (κ3) is 4.29. The van der Waals surface area contributed by atoms with Crippen molar-refractivity contribution < 1.29 is 14.4 Å². The number of phenols is 1. The molecule has 0 aliphatic heterocycles. The summed E-state index contributed by atoms with van der Waals surface area (Å²) < 4.78 is 13.4. The zero-order valence-electron chi connectivity index (χ0n) is 12.6. The molecule has 1 atom stereocenters. The second kappa shape index (κ2) is 7.38. The lowest BCUT2D eigenvalue weighted by Gasteiger charge is -2.20. The van der Waals surface area contributed by atoms with Gasteiger partial charge in [0.1, 0.15) is 17.6 Å². The smallest absolute Gasteiger partial charge is 0.133 e. The first-order chi connectivity index (χ1) is 10.5. The minimum atomic E-state index is -0.250. The molecule has 116 valence electrons. The number of likely N-dealkylation sites (N-methyl/N-ethyl adjacent to an activating group) is 1. The summed E-state index contributed by atoms with van der Waals surface area (Å²) in [6, 6.07) is 11.4. The molecule has 2 aromatic carbocycles. The number of phenolic OH excluding ortho intramolecular Hbond substituents is 1. The van der Waals surface area contributed by atoms with Crippen molar-refractivity contribution in [3.05, 3.63) is 64.4 Å². The van der Waals surface area contributed by atoms with Crippen molar-refractivity contribution in [2.45, 2.75) is 6.04 Å². The van der Waals surface area contributed by atoms with Crippen molar-refractivity contribution in [3.63, 3.8) is 0 Å². The number of hydrogen-bond donors (Lipinski definition) is 2. The fourth-order valence-electron chi connectivity index (χ4n) is 2.23. The molecule has 0 unspecified atom stereocenters. The lowest BCUT2D eigenvalue weighted by Crippen LogP contribution is -3.06. The minimum Gasteiger partial charge on any atom is -0.507 e. The molecular weight excluding hydrogens is 303 g/mol. The van der Waals surface area contributed by atoms with Crippen molar-refractivity contribution in [1.29, 1.82) is 0 Å². The van der Waals surface area contributed by atoms with Gasteiger partial charge >= 0.3 is 0 Å². The van der Waals surface area contributed by atoms with Crippen LogP contribution in [0.15, 0.2) is 47.5 Å². The van der Waals surface area contributed by atoms with Gasteiger partial charge < -0.3 is 10.0 Å². The molecule has 2 aromatic rings. The molecule has 3 nitrogen and oxygen atoms in total. The topological polar surface area (TPSA) is 37.0 Å². The van der Waals surface area contributed by atoms with E-state index in [4.69, 9.17) is 11.6 Å². The SMILES string of the molecule is C[NH+](C)[C@H](CN=Cc1cc(Cl)ccc1O)c1cccc(F)c1. The predicted molar refractivity (Wildman–Crippen MR) is 87.5 cm³/mol. The molecule has 0 heterocycles. The zero-order valence-corrected chi connectivity index (χ0v) is 13.3. The van der Waals surface area contributed by atoms with Gasteiger partial charge in [-0.2, -0.15) is 0 Å². The van der Waals surface area contributed by atoms with Crippen LogP contribution < -0.4 is 4.90 Å². The van der Waals surface area contributed by atoms with Crippen LogP contribution in [0.1, 0.15) is 17.2 Å². The summed E-state index contributed by atoms with van der Waals surface area (Å²) in [4.78, 5) is 5.54. The molecule has 0 fully saturated rings. The summed E-state index contributed by atoms with van der Waals surface area (Å²) in [5, 5.41) is 10.3. The molecule has 0 radical (unpaired) electrons. The van der Waals surface area contributed by atoms with E-state index in [-0.39, 0.29) is 17.6 Å². The maximum absolute atomic E-state index is 13.4. The Morgan fingerprint density at radius 1 is 1.27 bits per heavy atom. The van der Waals surface area contributed by atoms with Gasteiger partial charge in [0.2, 0.25) is 0 Å². The summed E-state index contributed by atoms with van der Waals surface area (Å²) >= 11 is 5.90. The van der Waals surface area contributed by atoms with Crippen LogP contribution in [0.3, 0.4) is 0 Å². The third-order valence-corrected chi connectivity index (χ3v) is 3.69. The molecule has 0 aromatic heterocycles. The average molecular weight is 322 g/mol. The van der Waals surface area contributed by atoms with Gasteiger partial charge in [0.25, 0.3) is 0 Å². The number of quaternary nitrogens is 1. The Hall–Kier alpha value is -1.91. The van der Waals surface area contributed by atoms with Gasteiger partial charge in [0, 0.05) is 22.4 Å². The first-order valence-electron chi connectivity index (χ1n) is 7.01. The Bertz CT molecular complexity index is 673. The van der Waals surface area contributed by atoms with Crippen LogP contribution in [0.25, 0.3) is 0 Å². The molecule has 5 heteroatoms. The maximum Gasteiger partial charge on any atom is 0.133 e. The molecule has 0 spiro atoms. The number of benzene rings is 2. The van der Waals surface area contributed by atoms with Crippen LogP contribution in [0.4, 0.5) is 4.39 Å². The van der Waals surface area contributed by atoms with E-state index in [1.54, 1.807) is 24.4 Å². The quantitative estimate of drug-likeness (QED) is 0.816. The monoisotopic (exact) mass is 321 g/mol. The zero-order chi connectivity index (χ0) is 16.1. The van der Waals surface area contributed by atoms with Gasteiger partial charge in [-0.1, -0.05) is 23.7 Å². The summed E-state index contributed by atoms with van der Waals surface area (Å²) in [6.45, 7) is 0.484. The van der Waals surface area contributed by atoms with E-state index in [2.05, 4.69) is 4.99 Å². The number of aliphatic imine (C=N–C) groups is 1. The highest BCUT2D eigenvalue weighted by Crippen LogP contribution is 2.20. The van der Waals surface area contributed by atoms with Crippen LogP contribution in [0.2, 0.25) is 5.02 Å². The number of rotatable bonds is 5. The van der Waals surface area contributed by atoms with Crippen molar-refractivity contribution in [1.82, 2.24) is 0 Å². The molecule has 0 aliphatic rings. The Morgan fingerprint density at radius 3 is 2.73 bits per heavy atom. The highest BCUT2D eigenvalue weighted by Gasteiger charge is 2.17. The van der Waals surface area contributed by atoms with Crippen LogP contribution in [0, 0.1) is 5.82 Å². The minimum absolute atomic E-state index is 0.0354. The molecule has 2 N–H and O–H groups in total. The molecular formula is C17H19ClFN2O+. The summed E-state index contributed by atoms with van der Waals surface area (Å²) in [5.74, 6) is -0.118. The molecule has 0 aliphatic carbocycles. The Morgan fingerprint density at radius 2 is 2.05 bits per heavy atom. The van der Waals surface area contributed by atoms with E-state index in [9.17, 15) is 9.50 Å². The second-order valence-electron chi connectivity index (χ2n) is 5.38. The number of halogens is 2. The summed E-state index contributed by atoms with van der Waals surface area (Å²) in [6.07, 6.45) is 1.59. The summed E-state index contributed by atoms with van der Waals surface area (Å²) in [5.41, 5.74) is 1.46. The normalized spacial score (nSPS) is 13.0. The van der Waals surface area contributed by atoms with Crippen LogP contribution in [0.5, 0.6) is 5.75 Å². The lowest BCUT2D eigenvalue weighted by molar-refractivity contribution is -0.890. The van der Waals surface area contributed by atoms with Gasteiger partial charge in [0.15, 0.2) is 0 Å². The number of hydrogen-bond acceptors (Lipinski definition) is 2. The van der Waals surface area contributed by atoms with E-state index in [1.165, 1.54) is 18.2 Å². The van der Waals surface area contributed by atoms with E-state index in [1.807, 2.05) is 20.2 Å². The largest absolute Gasteiger partial charge is 0.507 e. The van der Waals surface area contributed by atoms with Crippen LogP contribution in [-0.2, 0) is 0 Å². The maximum atomic E-state index is 13.4. The molecule has 2 rings (SSSR count). The highest BCUT2D eigenvalue weighted by molar-refractivity contribution is 6.30. The first kappa shape index (κ1) is 16.5. The molecule has 0 amide bonds. The van der Waals surface area contributed by atoms with Crippen molar-refractivity contribution >= 4 is 17.8 Å². The fraction of sp³-hybridized carbons (Fsp3) is 0.235. The number of aromatic hydroxyl groups is 1. The van der Waals surface area contributed by atoms with E-state index in [0.717, 1.165) is 10.5 Å². The van der Waals surface area contributed by atoms with Gasteiger partial charge in [0.05, 0.1) is 20.6 Å². The first-order valence-corrected chi connectivity index (χ1v) is 7.39. The van der Waals surface area contributed by atoms with Crippen LogP contribution >= 0.6 is 11.6 Å². The van der Waals surface area contributed by atoms with E-state index >= 15 is 0 Å². The number of nitrogens with one attached hydrogen (secondary N) is 1. The highest BCUT2D eigenvalue weighted by atomic mass is 35.5. The van der Waals surface area contributed by atoms with Crippen LogP contribution in [-0.4, -0.2) is 32.0 Å². The molecule has 0 bridgehead atoms. The average Bonchev–Trinajstić information content (AvgIpc) is 2.46. The summed E-state index contributed by atoms with van der Waals surface area (Å²) in [7, 11) is 4.00. The van der Waals surface area contributed by atoms with Gasteiger partial charge in [-0.3, -0.25) is 4.99 Å². The van der Waals surface area contributed by atoms with Gasteiger partial charge in [-0.15, -0.1) is 0 Å². The van der Waals surface area contributed by atoms with E-state index < -0.39 is 0 Å². The van der Waals surface area contributed by atoms with Gasteiger partial charge in [-0.25, -0.2) is 4.39 Å². The predicted octanol–water partition coefficient (Wildman–Crippen LogP) is 2.49. The Balaban J connectivity index is 2.15. The van der Waals surface area contributed by atoms with Crippen molar-refractivity contribution in [2.24, 2.45) is 4.99 Å². The molecule has 22 heavy (non-hydrogen) atoms.